The van der Waals surface area contributed by atoms with Gasteiger partial charge in [-0.05, 0) is 25.0 Å². The maximum atomic E-state index is 12.7. The molecule has 0 bridgehead atoms. The summed E-state index contributed by atoms with van der Waals surface area (Å²) >= 11 is 6.25. The van der Waals surface area contributed by atoms with E-state index >= 15 is 0 Å². The van der Waals surface area contributed by atoms with Crippen molar-refractivity contribution in [2.45, 2.75) is 38.1 Å². The van der Waals surface area contributed by atoms with E-state index in [9.17, 15) is 14.4 Å². The van der Waals surface area contributed by atoms with E-state index in [0.29, 0.717) is 12.2 Å². The molecule has 1 aliphatic rings. The molecule has 1 aliphatic heterocycles. The van der Waals surface area contributed by atoms with Crippen LogP contribution in [0.1, 0.15) is 26.7 Å². The van der Waals surface area contributed by atoms with Crippen molar-refractivity contribution in [2.24, 2.45) is 5.92 Å². The van der Waals surface area contributed by atoms with Crippen LogP contribution >= 0.6 is 11.6 Å². The third-order valence-corrected chi connectivity index (χ3v) is 4.68. The van der Waals surface area contributed by atoms with Crippen LogP contribution in [0.25, 0.3) is 0 Å². The minimum absolute atomic E-state index is 0.0426. The van der Waals surface area contributed by atoms with Gasteiger partial charge < -0.3 is 10.2 Å². The van der Waals surface area contributed by atoms with Crippen molar-refractivity contribution in [3.05, 3.63) is 24.5 Å². The van der Waals surface area contributed by atoms with Crippen LogP contribution in [0.2, 0.25) is 0 Å². The second kappa shape index (κ2) is 8.10. The minimum atomic E-state index is -0.599. The average Bonchev–Trinajstić information content (AvgIpc) is 2.54. The van der Waals surface area contributed by atoms with Gasteiger partial charge in [-0.1, -0.05) is 6.92 Å². The highest BCUT2D eigenvalue weighted by Gasteiger charge is 2.33. The lowest BCUT2D eigenvalue weighted by Crippen LogP contribution is -2.53. The van der Waals surface area contributed by atoms with Gasteiger partial charge in [0.05, 0.1) is 11.9 Å². The van der Waals surface area contributed by atoms with Crippen molar-refractivity contribution in [2.75, 3.05) is 11.4 Å². The van der Waals surface area contributed by atoms with Crippen LogP contribution in [-0.2, 0) is 9.59 Å². The molecular weight excluding hydrogens is 332 g/mol. The summed E-state index contributed by atoms with van der Waals surface area (Å²) in [5.74, 6) is -0.786. The van der Waals surface area contributed by atoms with E-state index in [1.165, 1.54) is 0 Å². The Morgan fingerprint density at radius 3 is 2.83 bits per heavy atom. The molecule has 3 atom stereocenters. The van der Waals surface area contributed by atoms with Gasteiger partial charge in [-0.2, -0.15) is 0 Å². The predicted molar refractivity (Wildman–Crippen MR) is 90.8 cm³/mol. The number of carbonyl (C=O) groups is 3. The summed E-state index contributed by atoms with van der Waals surface area (Å²) in [5.41, 5.74) is 0.700. The van der Waals surface area contributed by atoms with Gasteiger partial charge in [-0.25, -0.2) is 4.79 Å². The Hall–Kier alpha value is -2.15. The van der Waals surface area contributed by atoms with Crippen LogP contribution < -0.4 is 15.5 Å². The van der Waals surface area contributed by atoms with Crippen LogP contribution in [0.4, 0.5) is 10.5 Å². The first kappa shape index (κ1) is 18.2. The molecule has 1 aromatic heterocycles. The number of halogens is 1. The highest BCUT2D eigenvalue weighted by molar-refractivity contribution is 6.22. The highest BCUT2D eigenvalue weighted by atomic mass is 35.5. The Balaban J connectivity index is 2.12. The number of nitrogens with one attached hydrogen (secondary N) is 2. The van der Waals surface area contributed by atoms with Crippen LogP contribution in [0.3, 0.4) is 0 Å². The molecular formula is C16H21ClN4O3. The Labute approximate surface area is 145 Å². The summed E-state index contributed by atoms with van der Waals surface area (Å²) in [5, 5.41) is 4.41. The molecule has 2 heterocycles. The fourth-order valence-corrected chi connectivity index (χ4v) is 3.00. The van der Waals surface area contributed by atoms with E-state index < -0.39 is 23.4 Å². The molecule has 24 heavy (non-hydrogen) atoms. The number of rotatable bonds is 4. The number of imide groups is 1. The number of pyridine rings is 1. The lowest BCUT2D eigenvalue weighted by atomic mass is 9.92. The number of hydrogen-bond acceptors (Lipinski definition) is 4. The maximum absolute atomic E-state index is 12.7. The molecule has 7 nitrogen and oxygen atoms in total. The zero-order valence-electron chi connectivity index (χ0n) is 13.7. The molecule has 0 radical (unpaired) electrons. The zero-order valence-corrected chi connectivity index (χ0v) is 14.4. The number of amides is 4. The minimum Gasteiger partial charge on any atom is -0.334 e. The Bertz CT molecular complexity index is 611. The molecule has 0 aromatic carbocycles. The molecule has 4 amide bonds. The van der Waals surface area contributed by atoms with E-state index in [2.05, 4.69) is 15.6 Å². The number of urea groups is 1. The topological polar surface area (TPSA) is 91.4 Å². The van der Waals surface area contributed by atoms with Crippen molar-refractivity contribution in [3.8, 4) is 0 Å². The molecule has 0 aliphatic carbocycles. The van der Waals surface area contributed by atoms with E-state index in [-0.39, 0.29) is 24.7 Å². The molecule has 8 heteroatoms. The average molecular weight is 353 g/mol. The summed E-state index contributed by atoms with van der Waals surface area (Å²) < 4.78 is 0. The molecule has 0 saturated carbocycles. The molecule has 130 valence electrons. The van der Waals surface area contributed by atoms with Crippen molar-refractivity contribution in [3.63, 3.8) is 0 Å². The molecule has 2 N–H and O–H groups in total. The van der Waals surface area contributed by atoms with Crippen molar-refractivity contribution in [1.82, 2.24) is 15.6 Å². The van der Waals surface area contributed by atoms with Gasteiger partial charge in [0, 0.05) is 37.0 Å². The molecule has 1 unspecified atom stereocenters. The summed E-state index contributed by atoms with van der Waals surface area (Å²) in [6, 6.07) is 2.51. The van der Waals surface area contributed by atoms with Gasteiger partial charge >= 0.3 is 6.03 Å². The normalized spacial score (nSPS) is 24.4. The number of aromatic nitrogens is 1. The highest BCUT2D eigenvalue weighted by Crippen LogP contribution is 2.23. The van der Waals surface area contributed by atoms with Crippen molar-refractivity contribution in [1.29, 1.82) is 0 Å². The third-order valence-electron chi connectivity index (χ3n) is 4.12. The Morgan fingerprint density at radius 2 is 2.21 bits per heavy atom. The second-order valence-corrected chi connectivity index (χ2v) is 6.32. The first-order chi connectivity index (χ1) is 11.4. The van der Waals surface area contributed by atoms with E-state index in [4.69, 9.17) is 11.6 Å². The number of alkyl halides is 1. The fourth-order valence-electron chi connectivity index (χ4n) is 2.68. The van der Waals surface area contributed by atoms with Crippen LogP contribution in [0, 0.1) is 5.92 Å². The summed E-state index contributed by atoms with van der Waals surface area (Å²) in [6.45, 7) is 4.19. The lowest BCUT2D eigenvalue weighted by molar-refractivity contribution is -0.120. The number of carbonyl (C=O) groups excluding carboxylic acids is 3. The summed E-state index contributed by atoms with van der Waals surface area (Å²) in [4.78, 5) is 41.6. The second-order valence-electron chi connectivity index (χ2n) is 5.76. The predicted octanol–water partition coefficient (Wildman–Crippen LogP) is 1.67. The van der Waals surface area contributed by atoms with Crippen LogP contribution in [0.15, 0.2) is 24.5 Å². The maximum Gasteiger partial charge on any atom is 0.321 e. The SMILES string of the molecule is CCN(C(=O)CC1NC(=O)NC(=O)C[C@@H](Cl)[C@@H]1C)c1cccnc1. The van der Waals surface area contributed by atoms with Gasteiger partial charge in [-0.15, -0.1) is 11.6 Å². The Kier molecular flexibility index (Phi) is 6.14. The molecule has 1 saturated heterocycles. The Morgan fingerprint density at radius 1 is 1.46 bits per heavy atom. The van der Waals surface area contributed by atoms with Gasteiger partial charge in [0.1, 0.15) is 0 Å². The van der Waals surface area contributed by atoms with E-state index in [1.807, 2.05) is 13.8 Å². The zero-order chi connectivity index (χ0) is 17.7. The first-order valence-electron chi connectivity index (χ1n) is 7.87. The van der Waals surface area contributed by atoms with E-state index in [1.54, 1.807) is 29.4 Å². The van der Waals surface area contributed by atoms with Crippen molar-refractivity contribution >= 4 is 35.1 Å². The van der Waals surface area contributed by atoms with Crippen LogP contribution in [0.5, 0.6) is 0 Å². The first-order valence-corrected chi connectivity index (χ1v) is 8.30. The smallest absolute Gasteiger partial charge is 0.321 e. The van der Waals surface area contributed by atoms with Gasteiger partial charge in [-0.3, -0.25) is 19.9 Å². The van der Waals surface area contributed by atoms with Gasteiger partial charge in [0.15, 0.2) is 0 Å². The van der Waals surface area contributed by atoms with Gasteiger partial charge in [0.2, 0.25) is 11.8 Å². The number of hydrogen-bond donors (Lipinski definition) is 2. The third kappa shape index (κ3) is 4.44. The molecule has 1 fully saturated rings. The largest absolute Gasteiger partial charge is 0.334 e. The fraction of sp³-hybridized carbons (Fsp3) is 0.500. The molecule has 0 spiro atoms. The monoisotopic (exact) mass is 352 g/mol. The van der Waals surface area contributed by atoms with Crippen LogP contribution in [-0.4, -0.2) is 40.8 Å². The number of anilines is 1. The standard InChI is InChI=1S/C16H21ClN4O3/c1-3-21(11-5-4-6-18-9-11)15(23)8-13-10(2)12(17)7-14(22)20-16(24)19-13/h4-6,9-10,12-13H,3,7-8H2,1-2H3,(H2,19,20,22,24)/t10-,12+,13?/m0/s1. The molecule has 1 aromatic rings. The lowest BCUT2D eigenvalue weighted by Gasteiger charge is -2.31. The quantitative estimate of drug-likeness (QED) is 0.806. The van der Waals surface area contributed by atoms with E-state index in [0.717, 1.165) is 0 Å². The summed E-state index contributed by atoms with van der Waals surface area (Å²) in [6.07, 6.45) is 3.39. The summed E-state index contributed by atoms with van der Waals surface area (Å²) in [7, 11) is 0. The number of nitrogens with zero attached hydrogens (tertiary/aromatic N) is 2. The molecule has 2 rings (SSSR count). The van der Waals surface area contributed by atoms with Gasteiger partial charge in [0.25, 0.3) is 0 Å². The van der Waals surface area contributed by atoms with Crippen molar-refractivity contribution < 1.29 is 14.4 Å².